The fraction of sp³-hybridized carbons (Fsp3) is 0.938. The van der Waals surface area contributed by atoms with Crippen LogP contribution in [0.3, 0.4) is 0 Å². The largest absolute Gasteiger partial charge is 0.352 e. The summed E-state index contributed by atoms with van der Waals surface area (Å²) in [5, 5.41) is 3.20. The molecule has 2 fully saturated rings. The molecule has 1 amide bonds. The number of likely N-dealkylation sites (tertiary alicyclic amines) is 1. The second-order valence-corrected chi connectivity index (χ2v) is 9.16. The highest BCUT2D eigenvalue weighted by atomic mass is 32.2. The lowest BCUT2D eigenvalue weighted by Gasteiger charge is -2.36. The molecule has 134 valence electrons. The van der Waals surface area contributed by atoms with E-state index in [0.29, 0.717) is 24.4 Å². The summed E-state index contributed by atoms with van der Waals surface area (Å²) in [4.78, 5) is 14.4. The lowest BCUT2D eigenvalue weighted by molar-refractivity contribution is -0.124. The molecule has 7 heteroatoms. The zero-order valence-electron chi connectivity index (χ0n) is 14.5. The molecular weight excluding hydrogens is 314 g/mol. The monoisotopic (exact) mass is 345 g/mol. The molecule has 0 bridgehead atoms. The first-order chi connectivity index (χ1) is 10.7. The predicted molar refractivity (Wildman–Crippen MR) is 91.6 cm³/mol. The molecule has 1 aliphatic carbocycles. The van der Waals surface area contributed by atoms with Crippen LogP contribution in [0.5, 0.6) is 0 Å². The van der Waals surface area contributed by atoms with Crippen LogP contribution in [0.15, 0.2) is 0 Å². The number of hydrogen-bond donors (Lipinski definition) is 2. The van der Waals surface area contributed by atoms with Gasteiger partial charge in [-0.2, -0.15) is 0 Å². The third-order valence-electron chi connectivity index (χ3n) is 5.39. The third kappa shape index (κ3) is 6.04. The molecule has 0 aromatic carbocycles. The summed E-state index contributed by atoms with van der Waals surface area (Å²) in [5.74, 6) is 1.31. The second kappa shape index (κ2) is 7.94. The number of rotatable bonds is 5. The van der Waals surface area contributed by atoms with Gasteiger partial charge in [0.25, 0.3) is 0 Å². The van der Waals surface area contributed by atoms with Crippen molar-refractivity contribution in [3.8, 4) is 0 Å². The van der Waals surface area contributed by atoms with E-state index in [1.54, 1.807) is 0 Å². The molecule has 1 saturated heterocycles. The minimum absolute atomic E-state index is 0.00327. The van der Waals surface area contributed by atoms with Crippen molar-refractivity contribution in [1.29, 1.82) is 0 Å². The van der Waals surface area contributed by atoms with Crippen LogP contribution in [0.1, 0.15) is 46.0 Å². The summed E-state index contributed by atoms with van der Waals surface area (Å²) >= 11 is 0. The molecule has 2 rings (SSSR count). The summed E-state index contributed by atoms with van der Waals surface area (Å²) in [6.45, 7) is 6.44. The van der Waals surface area contributed by atoms with E-state index in [1.165, 1.54) is 19.1 Å². The van der Waals surface area contributed by atoms with E-state index >= 15 is 0 Å². The molecule has 0 spiro atoms. The lowest BCUT2D eigenvalue weighted by atomic mass is 9.78. The van der Waals surface area contributed by atoms with Gasteiger partial charge < -0.3 is 5.32 Å². The van der Waals surface area contributed by atoms with Gasteiger partial charge in [-0.05, 0) is 31.1 Å². The molecule has 0 aromatic heterocycles. The van der Waals surface area contributed by atoms with Gasteiger partial charge in [0.2, 0.25) is 15.9 Å². The van der Waals surface area contributed by atoms with E-state index in [-0.39, 0.29) is 11.9 Å². The van der Waals surface area contributed by atoms with Gasteiger partial charge in [-0.1, -0.05) is 26.7 Å². The Bertz CT molecular complexity index is 501. The van der Waals surface area contributed by atoms with E-state index in [4.69, 9.17) is 0 Å². The molecule has 1 saturated carbocycles. The predicted octanol–water partition coefficient (Wildman–Crippen LogP) is 0.941. The minimum Gasteiger partial charge on any atom is -0.352 e. The van der Waals surface area contributed by atoms with Gasteiger partial charge in [-0.3, -0.25) is 9.69 Å². The van der Waals surface area contributed by atoms with Gasteiger partial charge >= 0.3 is 0 Å². The van der Waals surface area contributed by atoms with Gasteiger partial charge in [-0.25, -0.2) is 13.1 Å². The van der Waals surface area contributed by atoms with Crippen LogP contribution in [0.4, 0.5) is 0 Å². The van der Waals surface area contributed by atoms with Gasteiger partial charge in [0.1, 0.15) is 0 Å². The van der Waals surface area contributed by atoms with E-state index in [1.807, 2.05) is 0 Å². The van der Waals surface area contributed by atoms with Gasteiger partial charge in [0, 0.05) is 25.2 Å². The lowest BCUT2D eigenvalue weighted by Crippen LogP contribution is -2.50. The van der Waals surface area contributed by atoms with E-state index < -0.39 is 10.0 Å². The number of carbonyl (C=O) groups is 1. The highest BCUT2D eigenvalue weighted by molar-refractivity contribution is 7.88. The number of sulfonamides is 1. The van der Waals surface area contributed by atoms with Crippen LogP contribution < -0.4 is 10.0 Å². The second-order valence-electron chi connectivity index (χ2n) is 7.38. The van der Waals surface area contributed by atoms with Crippen molar-refractivity contribution in [1.82, 2.24) is 14.9 Å². The summed E-state index contributed by atoms with van der Waals surface area (Å²) in [5.41, 5.74) is 0. The third-order valence-corrected chi connectivity index (χ3v) is 6.15. The minimum atomic E-state index is -3.14. The van der Waals surface area contributed by atoms with Crippen LogP contribution >= 0.6 is 0 Å². The van der Waals surface area contributed by atoms with Crippen molar-refractivity contribution in [3.63, 3.8) is 0 Å². The summed E-state index contributed by atoms with van der Waals surface area (Å²) in [6.07, 6.45) is 6.25. The summed E-state index contributed by atoms with van der Waals surface area (Å²) in [6, 6.07) is 0.305. The Morgan fingerprint density at radius 2 is 1.78 bits per heavy atom. The first-order valence-corrected chi connectivity index (χ1v) is 10.6. The molecule has 0 aromatic rings. The zero-order chi connectivity index (χ0) is 17.0. The normalized spacial score (nSPS) is 31.0. The van der Waals surface area contributed by atoms with E-state index in [0.717, 1.165) is 32.4 Å². The standard InChI is InChI=1S/C16H31N3O3S/c1-12-5-4-6-15(13(12)2)17-16(20)11-19-9-7-14(8-10-19)18-23(3,21)22/h12-15,18H,4-11H2,1-3H3,(H,17,20). The molecule has 1 aliphatic heterocycles. The van der Waals surface area contributed by atoms with Gasteiger partial charge in [-0.15, -0.1) is 0 Å². The SMILES string of the molecule is CC1CCCC(NC(=O)CN2CCC(NS(C)(=O)=O)CC2)C1C. The summed E-state index contributed by atoms with van der Waals surface area (Å²) < 4.78 is 25.2. The smallest absolute Gasteiger partial charge is 0.234 e. The highest BCUT2D eigenvalue weighted by Gasteiger charge is 2.29. The maximum Gasteiger partial charge on any atom is 0.234 e. The first-order valence-electron chi connectivity index (χ1n) is 8.73. The van der Waals surface area contributed by atoms with Gasteiger partial charge in [0.05, 0.1) is 12.8 Å². The van der Waals surface area contributed by atoms with Crippen molar-refractivity contribution in [2.75, 3.05) is 25.9 Å². The number of piperidine rings is 1. The van der Waals surface area contributed by atoms with Crippen LogP contribution in [-0.2, 0) is 14.8 Å². The molecular formula is C16H31N3O3S. The molecule has 1 heterocycles. The molecule has 0 radical (unpaired) electrons. The Morgan fingerprint density at radius 1 is 1.13 bits per heavy atom. The topological polar surface area (TPSA) is 78.5 Å². The molecule has 6 nitrogen and oxygen atoms in total. The number of carbonyl (C=O) groups excluding carboxylic acids is 1. The number of nitrogens with one attached hydrogen (secondary N) is 2. The molecule has 23 heavy (non-hydrogen) atoms. The van der Waals surface area contributed by atoms with Crippen molar-refractivity contribution in [2.24, 2.45) is 11.8 Å². The Hall–Kier alpha value is -0.660. The van der Waals surface area contributed by atoms with Crippen LogP contribution in [0.2, 0.25) is 0 Å². The van der Waals surface area contributed by atoms with Crippen molar-refractivity contribution in [3.05, 3.63) is 0 Å². The average molecular weight is 346 g/mol. The van der Waals surface area contributed by atoms with Crippen molar-refractivity contribution in [2.45, 2.75) is 58.0 Å². The first kappa shape index (κ1) is 18.7. The van der Waals surface area contributed by atoms with Crippen LogP contribution in [-0.4, -0.2) is 57.2 Å². The molecule has 3 atom stereocenters. The van der Waals surface area contributed by atoms with Crippen molar-refractivity contribution >= 4 is 15.9 Å². The van der Waals surface area contributed by atoms with Crippen LogP contribution in [0.25, 0.3) is 0 Å². The van der Waals surface area contributed by atoms with E-state index in [2.05, 4.69) is 28.8 Å². The Morgan fingerprint density at radius 3 is 2.39 bits per heavy atom. The Labute approximate surface area is 140 Å². The number of hydrogen-bond acceptors (Lipinski definition) is 4. The molecule has 3 unspecified atom stereocenters. The maximum absolute atomic E-state index is 12.3. The quantitative estimate of drug-likeness (QED) is 0.777. The number of nitrogens with zero attached hydrogens (tertiary/aromatic N) is 1. The van der Waals surface area contributed by atoms with E-state index in [9.17, 15) is 13.2 Å². The fourth-order valence-corrected chi connectivity index (χ4v) is 4.59. The van der Waals surface area contributed by atoms with Crippen molar-refractivity contribution < 1.29 is 13.2 Å². The van der Waals surface area contributed by atoms with Gasteiger partial charge in [0.15, 0.2) is 0 Å². The zero-order valence-corrected chi connectivity index (χ0v) is 15.4. The average Bonchev–Trinajstić information content (AvgIpc) is 2.44. The molecule has 2 aliphatic rings. The highest BCUT2D eigenvalue weighted by Crippen LogP contribution is 2.29. The fourth-order valence-electron chi connectivity index (χ4n) is 3.75. The number of amides is 1. The molecule has 2 N–H and O–H groups in total. The maximum atomic E-state index is 12.3. The summed E-state index contributed by atoms with van der Waals surface area (Å²) in [7, 11) is -3.14. The Kier molecular flexibility index (Phi) is 6.45. The van der Waals surface area contributed by atoms with Crippen LogP contribution in [0, 0.1) is 11.8 Å². The Balaban J connectivity index is 1.72.